The molecule has 1 N–H and O–H groups in total. The highest BCUT2D eigenvalue weighted by Crippen LogP contribution is 2.25. The van der Waals surface area contributed by atoms with Gasteiger partial charge in [0, 0.05) is 12.6 Å². The highest BCUT2D eigenvalue weighted by molar-refractivity contribution is 5.20. The molecule has 2 nitrogen and oxygen atoms in total. The molecule has 0 aliphatic heterocycles. The third kappa shape index (κ3) is 5.40. The van der Waals surface area contributed by atoms with Crippen LogP contribution in [0.1, 0.15) is 50.6 Å². The first-order chi connectivity index (χ1) is 10.2. The van der Waals surface area contributed by atoms with E-state index in [1.807, 2.05) is 6.07 Å². The quantitative estimate of drug-likeness (QED) is 0.779. The zero-order valence-electron chi connectivity index (χ0n) is 13.4. The lowest BCUT2D eigenvalue weighted by molar-refractivity contribution is 0.263. The molecule has 1 unspecified atom stereocenters. The van der Waals surface area contributed by atoms with Gasteiger partial charge in [-0.3, -0.25) is 0 Å². The molecule has 0 bridgehead atoms. The first-order valence-corrected chi connectivity index (χ1v) is 8.36. The van der Waals surface area contributed by atoms with Crippen molar-refractivity contribution in [1.82, 2.24) is 10.2 Å². The Hall–Kier alpha value is -0.930. The third-order valence-electron chi connectivity index (χ3n) is 4.55. The Balaban J connectivity index is 1.84. The van der Waals surface area contributed by atoms with Gasteiger partial charge in [0.15, 0.2) is 0 Å². The van der Waals surface area contributed by atoms with E-state index in [4.69, 9.17) is 0 Å². The summed E-state index contributed by atoms with van der Waals surface area (Å²) in [6, 6.07) is 7.24. The molecule has 0 heterocycles. The SMILES string of the molecule is CCNC(CCN(C)CC1CCCC1)c1cccc(F)c1. The standard InChI is InChI=1S/C18H29FN2/c1-3-20-18(16-9-6-10-17(19)13-16)11-12-21(2)14-15-7-4-5-8-15/h6,9-10,13,15,18,20H,3-5,7-8,11-12,14H2,1-2H3. The molecule has 0 aromatic heterocycles. The van der Waals surface area contributed by atoms with E-state index < -0.39 is 0 Å². The maximum atomic E-state index is 13.4. The topological polar surface area (TPSA) is 15.3 Å². The number of hydrogen-bond acceptors (Lipinski definition) is 2. The van der Waals surface area contributed by atoms with E-state index >= 15 is 0 Å². The van der Waals surface area contributed by atoms with Crippen molar-refractivity contribution in [3.05, 3.63) is 35.6 Å². The van der Waals surface area contributed by atoms with Crippen LogP contribution in [0.4, 0.5) is 4.39 Å². The number of rotatable bonds is 8. The zero-order chi connectivity index (χ0) is 15.1. The minimum Gasteiger partial charge on any atom is -0.310 e. The molecule has 0 saturated heterocycles. The zero-order valence-corrected chi connectivity index (χ0v) is 13.4. The average molecular weight is 292 g/mol. The lowest BCUT2D eigenvalue weighted by Crippen LogP contribution is -2.30. The fraction of sp³-hybridized carbons (Fsp3) is 0.667. The van der Waals surface area contributed by atoms with E-state index in [1.165, 1.54) is 38.3 Å². The van der Waals surface area contributed by atoms with Crippen molar-refractivity contribution in [2.45, 2.75) is 45.1 Å². The summed E-state index contributed by atoms with van der Waals surface area (Å²) in [7, 11) is 2.22. The van der Waals surface area contributed by atoms with E-state index in [0.717, 1.165) is 31.0 Å². The lowest BCUT2D eigenvalue weighted by Gasteiger charge is -2.24. The third-order valence-corrected chi connectivity index (χ3v) is 4.55. The van der Waals surface area contributed by atoms with Gasteiger partial charge in [0.05, 0.1) is 0 Å². The second-order valence-corrected chi connectivity index (χ2v) is 6.37. The van der Waals surface area contributed by atoms with Crippen LogP contribution in [0, 0.1) is 11.7 Å². The minimum absolute atomic E-state index is 0.144. The van der Waals surface area contributed by atoms with Gasteiger partial charge in [-0.2, -0.15) is 0 Å². The molecule has 1 aliphatic rings. The highest BCUT2D eigenvalue weighted by Gasteiger charge is 2.18. The molecule has 1 aliphatic carbocycles. The molecule has 118 valence electrons. The van der Waals surface area contributed by atoms with Crippen LogP contribution in [0.25, 0.3) is 0 Å². The van der Waals surface area contributed by atoms with E-state index in [0.29, 0.717) is 0 Å². The van der Waals surface area contributed by atoms with Crippen molar-refractivity contribution >= 4 is 0 Å². The maximum absolute atomic E-state index is 13.4. The molecule has 2 rings (SSSR count). The molecular formula is C18H29FN2. The predicted octanol–water partition coefficient (Wildman–Crippen LogP) is 3.99. The largest absolute Gasteiger partial charge is 0.310 e. The van der Waals surface area contributed by atoms with Crippen LogP contribution in [-0.4, -0.2) is 31.6 Å². The molecule has 0 spiro atoms. The second kappa shape index (κ2) is 8.50. The first kappa shape index (κ1) is 16.4. The Kier molecular flexibility index (Phi) is 6.65. The molecule has 1 fully saturated rings. The molecule has 0 amide bonds. The molecule has 1 aromatic rings. The molecule has 0 radical (unpaired) electrons. The Morgan fingerprint density at radius 3 is 2.76 bits per heavy atom. The molecule has 21 heavy (non-hydrogen) atoms. The van der Waals surface area contributed by atoms with Crippen LogP contribution in [-0.2, 0) is 0 Å². The highest BCUT2D eigenvalue weighted by atomic mass is 19.1. The van der Waals surface area contributed by atoms with Crippen molar-refractivity contribution < 1.29 is 4.39 Å². The average Bonchev–Trinajstić information content (AvgIpc) is 2.96. The summed E-state index contributed by atoms with van der Waals surface area (Å²) in [5, 5.41) is 3.48. The van der Waals surface area contributed by atoms with Crippen molar-refractivity contribution in [3.8, 4) is 0 Å². The number of nitrogens with one attached hydrogen (secondary N) is 1. The number of hydrogen-bond donors (Lipinski definition) is 1. The minimum atomic E-state index is -0.144. The van der Waals surface area contributed by atoms with Gasteiger partial charge in [-0.25, -0.2) is 4.39 Å². The van der Waals surface area contributed by atoms with Gasteiger partial charge < -0.3 is 10.2 Å². The van der Waals surface area contributed by atoms with Crippen LogP contribution < -0.4 is 5.32 Å². The van der Waals surface area contributed by atoms with Crippen LogP contribution in [0.3, 0.4) is 0 Å². The number of halogens is 1. The number of nitrogens with zero attached hydrogens (tertiary/aromatic N) is 1. The van der Waals surface area contributed by atoms with Crippen molar-refractivity contribution in [1.29, 1.82) is 0 Å². The van der Waals surface area contributed by atoms with E-state index in [9.17, 15) is 4.39 Å². The van der Waals surface area contributed by atoms with E-state index in [1.54, 1.807) is 12.1 Å². The molecular weight excluding hydrogens is 263 g/mol. The smallest absolute Gasteiger partial charge is 0.123 e. The van der Waals surface area contributed by atoms with Gasteiger partial charge in [-0.05, 0) is 63.0 Å². The Bertz CT molecular complexity index is 415. The fourth-order valence-electron chi connectivity index (χ4n) is 3.43. The fourth-order valence-corrected chi connectivity index (χ4v) is 3.43. The summed E-state index contributed by atoms with van der Waals surface area (Å²) in [5.41, 5.74) is 1.06. The van der Waals surface area contributed by atoms with Gasteiger partial charge in [-0.1, -0.05) is 31.9 Å². The van der Waals surface area contributed by atoms with Gasteiger partial charge in [0.2, 0.25) is 0 Å². The molecule has 3 heteroatoms. The summed E-state index contributed by atoms with van der Waals surface area (Å²) in [6.07, 6.45) is 6.62. The van der Waals surface area contributed by atoms with Gasteiger partial charge in [-0.15, -0.1) is 0 Å². The number of benzene rings is 1. The van der Waals surface area contributed by atoms with Crippen LogP contribution in [0.15, 0.2) is 24.3 Å². The summed E-state index contributed by atoms with van der Waals surface area (Å²) < 4.78 is 13.4. The van der Waals surface area contributed by atoms with Gasteiger partial charge in [0.25, 0.3) is 0 Å². The maximum Gasteiger partial charge on any atom is 0.123 e. The summed E-state index contributed by atoms with van der Waals surface area (Å²) in [5.74, 6) is 0.747. The van der Waals surface area contributed by atoms with Crippen LogP contribution in [0.5, 0.6) is 0 Å². The first-order valence-electron chi connectivity index (χ1n) is 8.36. The Labute approximate surface area is 128 Å². The van der Waals surface area contributed by atoms with E-state index in [-0.39, 0.29) is 11.9 Å². The Morgan fingerprint density at radius 2 is 2.10 bits per heavy atom. The Morgan fingerprint density at radius 1 is 1.33 bits per heavy atom. The normalized spacial score (nSPS) is 17.5. The van der Waals surface area contributed by atoms with Crippen molar-refractivity contribution in [2.75, 3.05) is 26.7 Å². The summed E-state index contributed by atoms with van der Waals surface area (Å²) in [6.45, 7) is 5.29. The summed E-state index contributed by atoms with van der Waals surface area (Å²) >= 11 is 0. The lowest BCUT2D eigenvalue weighted by atomic mass is 10.0. The van der Waals surface area contributed by atoms with Crippen molar-refractivity contribution in [3.63, 3.8) is 0 Å². The predicted molar refractivity (Wildman–Crippen MR) is 86.9 cm³/mol. The van der Waals surface area contributed by atoms with Gasteiger partial charge in [0.1, 0.15) is 5.82 Å². The summed E-state index contributed by atoms with van der Waals surface area (Å²) in [4.78, 5) is 2.44. The van der Waals surface area contributed by atoms with Crippen molar-refractivity contribution in [2.24, 2.45) is 5.92 Å². The second-order valence-electron chi connectivity index (χ2n) is 6.37. The van der Waals surface area contributed by atoms with Gasteiger partial charge >= 0.3 is 0 Å². The monoisotopic (exact) mass is 292 g/mol. The molecule has 1 saturated carbocycles. The van der Waals surface area contributed by atoms with Crippen LogP contribution in [0.2, 0.25) is 0 Å². The van der Waals surface area contributed by atoms with Crippen LogP contribution >= 0.6 is 0 Å². The van der Waals surface area contributed by atoms with E-state index in [2.05, 4.69) is 24.2 Å². The molecule has 1 aromatic carbocycles. The molecule has 1 atom stereocenters.